The van der Waals surface area contributed by atoms with Gasteiger partial charge in [0.05, 0.1) is 0 Å². The van der Waals surface area contributed by atoms with Gasteiger partial charge in [-0.05, 0) is 45.3 Å². The number of hydrogen-bond donors (Lipinski definition) is 1. The van der Waals surface area contributed by atoms with Gasteiger partial charge in [0, 0.05) is 6.61 Å². The normalized spacial score (nSPS) is 16.3. The highest BCUT2D eigenvalue weighted by Crippen LogP contribution is 2.13. The van der Waals surface area contributed by atoms with Crippen molar-refractivity contribution in [2.45, 2.75) is 83.5 Å². The molecule has 0 aromatic carbocycles. The van der Waals surface area contributed by atoms with Gasteiger partial charge in [0.2, 0.25) is 0 Å². The largest absolute Gasteiger partial charge is 0.396 e. The van der Waals surface area contributed by atoms with Gasteiger partial charge in [-0.15, -0.1) is 0 Å². The molecule has 0 bridgehead atoms. The van der Waals surface area contributed by atoms with Gasteiger partial charge < -0.3 is 10.0 Å². The molecule has 1 aliphatic rings. The van der Waals surface area contributed by atoms with Gasteiger partial charge in [0.1, 0.15) is 0 Å². The summed E-state index contributed by atoms with van der Waals surface area (Å²) < 4.78 is 0. The Balaban J connectivity index is 1.67. The molecule has 1 fully saturated rings. The van der Waals surface area contributed by atoms with E-state index < -0.39 is 0 Å². The quantitative estimate of drug-likeness (QED) is 0.502. The van der Waals surface area contributed by atoms with Gasteiger partial charge in [-0.1, -0.05) is 57.8 Å². The second-order valence-corrected chi connectivity index (χ2v) is 6.16. The van der Waals surface area contributed by atoms with E-state index >= 15 is 0 Å². The van der Waals surface area contributed by atoms with E-state index in [0.29, 0.717) is 6.61 Å². The molecule has 0 aromatic rings. The van der Waals surface area contributed by atoms with Crippen molar-refractivity contribution in [2.24, 2.45) is 0 Å². The first-order valence-electron chi connectivity index (χ1n) is 8.76. The van der Waals surface area contributed by atoms with Crippen LogP contribution in [0.3, 0.4) is 0 Å². The molecule has 114 valence electrons. The fourth-order valence-corrected chi connectivity index (χ4v) is 3.04. The highest BCUT2D eigenvalue weighted by Gasteiger charge is 2.09. The van der Waals surface area contributed by atoms with Crippen LogP contribution < -0.4 is 0 Å². The molecule has 0 atom stereocenters. The van der Waals surface area contributed by atoms with Crippen molar-refractivity contribution in [3.8, 4) is 0 Å². The molecule has 1 heterocycles. The van der Waals surface area contributed by atoms with Crippen LogP contribution in [0.2, 0.25) is 0 Å². The first kappa shape index (κ1) is 17.0. The lowest BCUT2D eigenvalue weighted by Crippen LogP contribution is -2.20. The average Bonchev–Trinajstić information content (AvgIpc) is 2.93. The zero-order valence-corrected chi connectivity index (χ0v) is 12.9. The van der Waals surface area contributed by atoms with Crippen molar-refractivity contribution in [3.63, 3.8) is 0 Å². The number of nitrogens with zero attached hydrogens (tertiary/aromatic N) is 1. The number of aliphatic hydroxyl groups is 1. The summed E-state index contributed by atoms with van der Waals surface area (Å²) in [6.45, 7) is 4.44. The second-order valence-electron chi connectivity index (χ2n) is 6.16. The molecule has 1 aliphatic heterocycles. The molecule has 0 aliphatic carbocycles. The maximum Gasteiger partial charge on any atom is 0.0431 e. The Bertz CT molecular complexity index is 178. The lowest BCUT2D eigenvalue weighted by molar-refractivity contribution is 0.282. The van der Waals surface area contributed by atoms with Crippen LogP contribution in [0, 0.1) is 0 Å². The minimum atomic E-state index is 0.372. The van der Waals surface area contributed by atoms with E-state index in [9.17, 15) is 0 Å². The van der Waals surface area contributed by atoms with Crippen LogP contribution in [-0.2, 0) is 0 Å². The number of unbranched alkanes of at least 4 members (excludes halogenated alkanes) is 10. The molecule has 1 saturated heterocycles. The van der Waals surface area contributed by atoms with E-state index in [1.807, 2.05) is 0 Å². The molecular formula is C17H35NO. The van der Waals surface area contributed by atoms with Crippen LogP contribution >= 0.6 is 0 Å². The Morgan fingerprint density at radius 2 is 1.00 bits per heavy atom. The Hall–Kier alpha value is -0.0800. The molecule has 1 N–H and O–H groups in total. The van der Waals surface area contributed by atoms with Gasteiger partial charge >= 0.3 is 0 Å². The standard InChI is InChI=1S/C17H35NO/c19-17-13-9-7-5-3-1-2-4-6-8-10-14-18-15-11-12-16-18/h19H,1-17H2. The summed E-state index contributed by atoms with van der Waals surface area (Å²) in [5.74, 6) is 0. The molecule has 0 spiro atoms. The van der Waals surface area contributed by atoms with Crippen LogP contribution in [0.15, 0.2) is 0 Å². The summed E-state index contributed by atoms with van der Waals surface area (Å²) in [7, 11) is 0. The lowest BCUT2D eigenvalue weighted by atomic mass is 10.1. The van der Waals surface area contributed by atoms with Crippen LogP contribution in [0.25, 0.3) is 0 Å². The fourth-order valence-electron chi connectivity index (χ4n) is 3.04. The smallest absolute Gasteiger partial charge is 0.0431 e. The minimum absolute atomic E-state index is 0.372. The van der Waals surface area contributed by atoms with E-state index in [-0.39, 0.29) is 0 Å². The second kappa shape index (κ2) is 12.9. The van der Waals surface area contributed by atoms with Crippen LogP contribution in [-0.4, -0.2) is 36.2 Å². The van der Waals surface area contributed by atoms with Crippen molar-refractivity contribution in [1.29, 1.82) is 0 Å². The zero-order chi connectivity index (χ0) is 13.6. The SMILES string of the molecule is OCCCCCCCCCCCCCN1CCCC1. The highest BCUT2D eigenvalue weighted by molar-refractivity contribution is 4.65. The molecule has 1 rings (SSSR count). The summed E-state index contributed by atoms with van der Waals surface area (Å²) in [6, 6.07) is 0. The Labute approximate surface area is 120 Å². The van der Waals surface area contributed by atoms with Crippen LogP contribution in [0.1, 0.15) is 83.5 Å². The monoisotopic (exact) mass is 269 g/mol. The molecular weight excluding hydrogens is 234 g/mol. The molecule has 0 aromatic heterocycles. The molecule has 0 saturated carbocycles. The summed E-state index contributed by atoms with van der Waals surface area (Å²) in [4.78, 5) is 2.63. The van der Waals surface area contributed by atoms with Gasteiger partial charge in [0.15, 0.2) is 0 Å². The van der Waals surface area contributed by atoms with Crippen molar-refractivity contribution < 1.29 is 5.11 Å². The molecule has 19 heavy (non-hydrogen) atoms. The average molecular weight is 269 g/mol. The van der Waals surface area contributed by atoms with Gasteiger partial charge in [-0.3, -0.25) is 0 Å². The third kappa shape index (κ3) is 10.4. The fraction of sp³-hybridized carbons (Fsp3) is 1.00. The third-order valence-corrected chi connectivity index (χ3v) is 4.33. The number of rotatable bonds is 13. The van der Waals surface area contributed by atoms with E-state index in [0.717, 1.165) is 6.42 Å². The number of hydrogen-bond acceptors (Lipinski definition) is 2. The lowest BCUT2D eigenvalue weighted by Gasteiger charge is -2.13. The molecule has 0 radical (unpaired) electrons. The van der Waals surface area contributed by atoms with Gasteiger partial charge in [0.25, 0.3) is 0 Å². The van der Waals surface area contributed by atoms with E-state index in [4.69, 9.17) is 5.11 Å². The zero-order valence-electron chi connectivity index (χ0n) is 12.9. The van der Waals surface area contributed by atoms with Gasteiger partial charge in [-0.25, -0.2) is 0 Å². The molecule has 0 amide bonds. The number of aliphatic hydroxyl groups excluding tert-OH is 1. The van der Waals surface area contributed by atoms with Crippen molar-refractivity contribution in [1.82, 2.24) is 4.90 Å². The van der Waals surface area contributed by atoms with Crippen molar-refractivity contribution in [2.75, 3.05) is 26.2 Å². The minimum Gasteiger partial charge on any atom is -0.396 e. The van der Waals surface area contributed by atoms with Crippen LogP contribution in [0.4, 0.5) is 0 Å². The first-order chi connectivity index (χ1) is 9.43. The summed E-state index contributed by atoms with van der Waals surface area (Å²) in [6.07, 6.45) is 17.8. The predicted octanol–water partition coefficient (Wildman–Crippen LogP) is 4.37. The van der Waals surface area contributed by atoms with Crippen molar-refractivity contribution >= 4 is 0 Å². The van der Waals surface area contributed by atoms with E-state index in [1.165, 1.54) is 96.7 Å². The first-order valence-corrected chi connectivity index (χ1v) is 8.76. The van der Waals surface area contributed by atoms with E-state index in [2.05, 4.69) is 4.90 Å². The summed E-state index contributed by atoms with van der Waals surface area (Å²) in [5.41, 5.74) is 0. The summed E-state index contributed by atoms with van der Waals surface area (Å²) in [5, 5.41) is 8.68. The maximum atomic E-state index is 8.68. The number of likely N-dealkylation sites (tertiary alicyclic amines) is 1. The Morgan fingerprint density at radius 1 is 0.579 bits per heavy atom. The molecule has 0 unspecified atom stereocenters. The Kier molecular flexibility index (Phi) is 11.5. The molecule has 2 heteroatoms. The summed E-state index contributed by atoms with van der Waals surface area (Å²) >= 11 is 0. The topological polar surface area (TPSA) is 23.5 Å². The van der Waals surface area contributed by atoms with Crippen molar-refractivity contribution in [3.05, 3.63) is 0 Å². The Morgan fingerprint density at radius 3 is 1.47 bits per heavy atom. The van der Waals surface area contributed by atoms with Gasteiger partial charge in [-0.2, -0.15) is 0 Å². The van der Waals surface area contributed by atoms with Crippen LogP contribution in [0.5, 0.6) is 0 Å². The maximum absolute atomic E-state index is 8.68. The predicted molar refractivity (Wildman–Crippen MR) is 83.5 cm³/mol. The molecule has 2 nitrogen and oxygen atoms in total. The third-order valence-electron chi connectivity index (χ3n) is 4.33. The highest BCUT2D eigenvalue weighted by atomic mass is 16.2. The van der Waals surface area contributed by atoms with E-state index in [1.54, 1.807) is 0 Å².